The maximum absolute atomic E-state index is 11.6. The summed E-state index contributed by atoms with van der Waals surface area (Å²) < 4.78 is 0. The van der Waals surface area contributed by atoms with Crippen molar-refractivity contribution in [3.63, 3.8) is 0 Å². The summed E-state index contributed by atoms with van der Waals surface area (Å²) in [5, 5.41) is 2.79. The highest BCUT2D eigenvalue weighted by Crippen LogP contribution is 2.09. The third-order valence-electron chi connectivity index (χ3n) is 2.71. The second kappa shape index (κ2) is 6.06. The molecule has 0 spiro atoms. The smallest absolute Gasteiger partial charge is 0.237 e. The average molecular weight is 250 g/mol. The SMILES string of the molecule is CC(C)[C@H](N)C(=O)NC1CC(=O)N(C)C1.Cl. The lowest BCUT2D eigenvalue weighted by Gasteiger charge is -2.18. The van der Waals surface area contributed by atoms with E-state index in [-0.39, 0.29) is 36.2 Å². The molecular weight excluding hydrogens is 230 g/mol. The fourth-order valence-corrected chi connectivity index (χ4v) is 1.56. The molecule has 1 saturated heterocycles. The second-order valence-corrected chi connectivity index (χ2v) is 4.45. The van der Waals surface area contributed by atoms with E-state index in [0.717, 1.165) is 0 Å². The monoisotopic (exact) mass is 249 g/mol. The third-order valence-corrected chi connectivity index (χ3v) is 2.71. The number of nitrogens with one attached hydrogen (secondary N) is 1. The van der Waals surface area contributed by atoms with Gasteiger partial charge in [0.15, 0.2) is 0 Å². The number of nitrogens with two attached hydrogens (primary N) is 1. The second-order valence-electron chi connectivity index (χ2n) is 4.45. The molecule has 0 bridgehead atoms. The standard InChI is InChI=1S/C10H19N3O2.ClH/c1-6(2)9(11)10(15)12-7-4-8(14)13(3)5-7;/h6-7,9H,4-5,11H2,1-3H3,(H,12,15);1H/t7?,9-;/m0./s1. The lowest BCUT2D eigenvalue weighted by atomic mass is 10.0. The Morgan fingerprint density at radius 3 is 2.50 bits per heavy atom. The minimum atomic E-state index is -0.494. The fraction of sp³-hybridized carbons (Fsp3) is 0.800. The molecule has 94 valence electrons. The third kappa shape index (κ3) is 3.64. The Morgan fingerprint density at radius 2 is 2.12 bits per heavy atom. The van der Waals surface area contributed by atoms with Crippen LogP contribution in [0.1, 0.15) is 20.3 Å². The average Bonchev–Trinajstić information content (AvgIpc) is 2.44. The van der Waals surface area contributed by atoms with E-state index in [4.69, 9.17) is 5.73 Å². The minimum absolute atomic E-state index is 0. The molecule has 0 saturated carbocycles. The van der Waals surface area contributed by atoms with Crippen LogP contribution in [-0.2, 0) is 9.59 Å². The Bertz CT molecular complexity index is 271. The molecule has 0 aromatic carbocycles. The summed E-state index contributed by atoms with van der Waals surface area (Å²) in [7, 11) is 1.73. The van der Waals surface area contributed by atoms with Crippen molar-refractivity contribution in [2.45, 2.75) is 32.4 Å². The van der Waals surface area contributed by atoms with Gasteiger partial charge < -0.3 is 16.0 Å². The summed E-state index contributed by atoms with van der Waals surface area (Å²) in [6, 6.07) is -0.578. The van der Waals surface area contributed by atoms with Crippen molar-refractivity contribution >= 4 is 24.2 Å². The topological polar surface area (TPSA) is 75.4 Å². The van der Waals surface area contributed by atoms with Crippen molar-refractivity contribution in [1.82, 2.24) is 10.2 Å². The van der Waals surface area contributed by atoms with Gasteiger partial charge in [-0.05, 0) is 5.92 Å². The lowest BCUT2D eigenvalue weighted by Crippen LogP contribution is -2.48. The summed E-state index contributed by atoms with van der Waals surface area (Å²) in [5.74, 6) is 0.0105. The maximum atomic E-state index is 11.6. The number of nitrogens with zero attached hydrogens (tertiary/aromatic N) is 1. The van der Waals surface area contributed by atoms with E-state index in [9.17, 15) is 9.59 Å². The molecule has 0 radical (unpaired) electrons. The highest BCUT2D eigenvalue weighted by atomic mass is 35.5. The van der Waals surface area contributed by atoms with Crippen molar-refractivity contribution in [3.8, 4) is 0 Å². The molecule has 1 rings (SSSR count). The Labute approximate surface area is 102 Å². The molecular formula is C10H20ClN3O2. The Hall–Kier alpha value is -0.810. The van der Waals surface area contributed by atoms with Gasteiger partial charge in [-0.1, -0.05) is 13.8 Å². The van der Waals surface area contributed by atoms with Gasteiger partial charge in [-0.25, -0.2) is 0 Å². The molecule has 1 unspecified atom stereocenters. The Morgan fingerprint density at radius 1 is 1.56 bits per heavy atom. The summed E-state index contributed by atoms with van der Waals surface area (Å²) in [6.07, 6.45) is 0.382. The number of carbonyl (C=O) groups excluding carboxylic acids is 2. The molecule has 6 heteroatoms. The van der Waals surface area contributed by atoms with Crippen LogP contribution < -0.4 is 11.1 Å². The molecule has 1 heterocycles. The van der Waals surface area contributed by atoms with Crippen LogP contribution in [-0.4, -0.2) is 42.4 Å². The zero-order chi connectivity index (χ0) is 11.6. The van der Waals surface area contributed by atoms with Gasteiger partial charge in [0.05, 0.1) is 12.1 Å². The van der Waals surface area contributed by atoms with Crippen molar-refractivity contribution in [3.05, 3.63) is 0 Å². The van der Waals surface area contributed by atoms with Crippen LogP contribution in [0, 0.1) is 5.92 Å². The highest BCUT2D eigenvalue weighted by Gasteiger charge is 2.29. The number of rotatable bonds is 3. The number of hydrogen-bond acceptors (Lipinski definition) is 3. The number of likely N-dealkylation sites (N-methyl/N-ethyl adjacent to an activating group) is 1. The van der Waals surface area contributed by atoms with Gasteiger partial charge in [-0.2, -0.15) is 0 Å². The normalized spacial score (nSPS) is 21.9. The molecule has 0 aliphatic carbocycles. The van der Waals surface area contributed by atoms with E-state index in [1.165, 1.54) is 0 Å². The Kier molecular flexibility index (Phi) is 5.75. The summed E-state index contributed by atoms with van der Waals surface area (Å²) in [6.45, 7) is 4.38. The maximum Gasteiger partial charge on any atom is 0.237 e. The van der Waals surface area contributed by atoms with Crippen LogP contribution >= 0.6 is 12.4 Å². The molecule has 0 aromatic rings. The summed E-state index contributed by atoms with van der Waals surface area (Å²) in [5.41, 5.74) is 5.70. The van der Waals surface area contributed by atoms with Gasteiger partial charge in [0.25, 0.3) is 0 Å². The molecule has 0 aromatic heterocycles. The molecule has 2 atom stereocenters. The molecule has 3 N–H and O–H groups in total. The molecule has 1 fully saturated rings. The van der Waals surface area contributed by atoms with Gasteiger partial charge in [0.1, 0.15) is 0 Å². The predicted octanol–water partition coefficient (Wildman–Crippen LogP) is -0.262. The minimum Gasteiger partial charge on any atom is -0.350 e. The molecule has 1 aliphatic rings. The van der Waals surface area contributed by atoms with E-state index in [0.29, 0.717) is 13.0 Å². The zero-order valence-corrected chi connectivity index (χ0v) is 10.7. The number of carbonyl (C=O) groups is 2. The number of hydrogen-bond donors (Lipinski definition) is 2. The number of halogens is 1. The van der Waals surface area contributed by atoms with Crippen LogP contribution in [0.4, 0.5) is 0 Å². The van der Waals surface area contributed by atoms with Crippen LogP contribution in [0.2, 0.25) is 0 Å². The van der Waals surface area contributed by atoms with Gasteiger partial charge >= 0.3 is 0 Å². The van der Waals surface area contributed by atoms with Crippen molar-refractivity contribution < 1.29 is 9.59 Å². The van der Waals surface area contributed by atoms with E-state index < -0.39 is 6.04 Å². The van der Waals surface area contributed by atoms with E-state index in [2.05, 4.69) is 5.32 Å². The first-order valence-corrected chi connectivity index (χ1v) is 5.21. The van der Waals surface area contributed by atoms with Crippen LogP contribution in [0.15, 0.2) is 0 Å². The van der Waals surface area contributed by atoms with Crippen molar-refractivity contribution in [2.24, 2.45) is 11.7 Å². The van der Waals surface area contributed by atoms with Gasteiger partial charge in [0.2, 0.25) is 11.8 Å². The first-order chi connectivity index (χ1) is 6.91. The number of likely N-dealkylation sites (tertiary alicyclic amines) is 1. The lowest BCUT2D eigenvalue weighted by molar-refractivity contribution is -0.126. The number of amides is 2. The van der Waals surface area contributed by atoms with E-state index in [1.807, 2.05) is 13.8 Å². The first kappa shape index (κ1) is 15.2. The molecule has 16 heavy (non-hydrogen) atoms. The van der Waals surface area contributed by atoms with Crippen LogP contribution in [0.5, 0.6) is 0 Å². The summed E-state index contributed by atoms with van der Waals surface area (Å²) in [4.78, 5) is 24.4. The largest absolute Gasteiger partial charge is 0.350 e. The van der Waals surface area contributed by atoms with Gasteiger partial charge in [-0.3, -0.25) is 9.59 Å². The molecule has 2 amide bonds. The van der Waals surface area contributed by atoms with Crippen LogP contribution in [0.25, 0.3) is 0 Å². The van der Waals surface area contributed by atoms with Crippen LogP contribution in [0.3, 0.4) is 0 Å². The van der Waals surface area contributed by atoms with Crippen molar-refractivity contribution in [1.29, 1.82) is 0 Å². The predicted molar refractivity (Wildman–Crippen MR) is 64.2 cm³/mol. The first-order valence-electron chi connectivity index (χ1n) is 5.21. The molecule has 5 nitrogen and oxygen atoms in total. The Balaban J connectivity index is 0.00000225. The van der Waals surface area contributed by atoms with Gasteiger partial charge in [-0.15, -0.1) is 12.4 Å². The fourth-order valence-electron chi connectivity index (χ4n) is 1.56. The zero-order valence-electron chi connectivity index (χ0n) is 9.90. The van der Waals surface area contributed by atoms with Crippen molar-refractivity contribution in [2.75, 3.05) is 13.6 Å². The van der Waals surface area contributed by atoms with E-state index in [1.54, 1.807) is 11.9 Å². The van der Waals surface area contributed by atoms with E-state index >= 15 is 0 Å². The highest BCUT2D eigenvalue weighted by molar-refractivity contribution is 5.85. The quantitative estimate of drug-likeness (QED) is 0.724. The molecule has 1 aliphatic heterocycles. The summed E-state index contributed by atoms with van der Waals surface area (Å²) >= 11 is 0. The van der Waals surface area contributed by atoms with Gasteiger partial charge in [0, 0.05) is 20.0 Å².